The number of amides is 1. The standard InChI is InChI=1S/C23H22N2O4S/c1-14-12-17(6-8-18(14)27-3)22-15(2)30-23(25-22)24-21(26)9-5-16-4-7-19-20(13-16)29-11-10-28-19/h4-9,12-13H,10-11H2,1-3H3,(H,24,25,26)/b9-5-. The zero-order valence-corrected chi connectivity index (χ0v) is 17.8. The second-order valence-electron chi connectivity index (χ2n) is 6.83. The Bertz CT molecular complexity index is 1120. The van der Waals surface area contributed by atoms with E-state index in [0.717, 1.165) is 38.8 Å². The highest BCUT2D eigenvalue weighted by molar-refractivity contribution is 7.16. The van der Waals surface area contributed by atoms with Crippen LogP contribution in [0.1, 0.15) is 16.0 Å². The first-order valence-electron chi connectivity index (χ1n) is 9.54. The third-order valence-corrected chi connectivity index (χ3v) is 5.57. The van der Waals surface area contributed by atoms with Gasteiger partial charge in [0.25, 0.3) is 0 Å². The number of nitrogens with one attached hydrogen (secondary N) is 1. The molecule has 1 aliphatic rings. The Morgan fingerprint density at radius 2 is 1.93 bits per heavy atom. The third kappa shape index (κ3) is 4.31. The van der Waals surface area contributed by atoms with Gasteiger partial charge in [-0.25, -0.2) is 4.98 Å². The number of fused-ring (bicyclic) bond motifs is 1. The number of thiazole rings is 1. The van der Waals surface area contributed by atoms with Crippen LogP contribution in [0.2, 0.25) is 0 Å². The summed E-state index contributed by atoms with van der Waals surface area (Å²) in [6.45, 7) is 5.07. The number of rotatable bonds is 5. The van der Waals surface area contributed by atoms with Crippen molar-refractivity contribution in [3.05, 3.63) is 58.5 Å². The molecule has 0 saturated carbocycles. The van der Waals surface area contributed by atoms with Crippen molar-refractivity contribution in [3.8, 4) is 28.5 Å². The molecule has 1 aliphatic heterocycles. The molecule has 1 N–H and O–H groups in total. The average Bonchev–Trinajstić information content (AvgIpc) is 3.11. The Hall–Kier alpha value is -3.32. The number of ether oxygens (including phenoxy) is 3. The molecule has 154 valence electrons. The molecule has 3 aromatic rings. The molecule has 30 heavy (non-hydrogen) atoms. The van der Waals surface area contributed by atoms with Crippen LogP contribution >= 0.6 is 11.3 Å². The van der Waals surface area contributed by atoms with Crippen LogP contribution in [-0.4, -0.2) is 31.2 Å². The molecule has 0 aliphatic carbocycles. The minimum atomic E-state index is -0.240. The van der Waals surface area contributed by atoms with E-state index >= 15 is 0 Å². The van der Waals surface area contributed by atoms with Crippen LogP contribution < -0.4 is 19.5 Å². The average molecular weight is 423 g/mol. The lowest BCUT2D eigenvalue weighted by Crippen LogP contribution is -2.15. The topological polar surface area (TPSA) is 69.7 Å². The summed E-state index contributed by atoms with van der Waals surface area (Å²) in [6.07, 6.45) is 3.22. The fourth-order valence-corrected chi connectivity index (χ4v) is 4.06. The molecule has 1 amide bonds. The number of methoxy groups -OCH3 is 1. The fraction of sp³-hybridized carbons (Fsp3) is 0.217. The van der Waals surface area contributed by atoms with Gasteiger partial charge in [-0.05, 0) is 61.4 Å². The Labute approximate surface area is 179 Å². The first kappa shape index (κ1) is 20.0. The SMILES string of the molecule is COc1ccc(-c2nc(NC(=O)/C=C\c3ccc4c(c3)OCCO4)sc2C)cc1C. The van der Waals surface area contributed by atoms with Crippen LogP contribution in [0.25, 0.3) is 17.3 Å². The summed E-state index contributed by atoms with van der Waals surface area (Å²) in [7, 11) is 1.65. The van der Waals surface area contributed by atoms with Gasteiger partial charge in [-0.15, -0.1) is 11.3 Å². The van der Waals surface area contributed by atoms with Gasteiger partial charge < -0.3 is 14.2 Å². The zero-order valence-electron chi connectivity index (χ0n) is 17.0. The van der Waals surface area contributed by atoms with Gasteiger partial charge in [0.2, 0.25) is 5.91 Å². The first-order valence-corrected chi connectivity index (χ1v) is 10.4. The molecule has 2 heterocycles. The molecule has 7 heteroatoms. The summed E-state index contributed by atoms with van der Waals surface area (Å²) in [5.41, 5.74) is 3.75. The predicted molar refractivity (Wildman–Crippen MR) is 119 cm³/mol. The normalized spacial score (nSPS) is 12.8. The molecule has 0 bridgehead atoms. The summed E-state index contributed by atoms with van der Waals surface area (Å²) in [5.74, 6) is 2.02. The largest absolute Gasteiger partial charge is 0.496 e. The maximum absolute atomic E-state index is 12.4. The van der Waals surface area contributed by atoms with Crippen LogP contribution in [-0.2, 0) is 4.79 Å². The van der Waals surface area contributed by atoms with Crippen LogP contribution in [0.3, 0.4) is 0 Å². The van der Waals surface area contributed by atoms with E-state index in [4.69, 9.17) is 14.2 Å². The van der Waals surface area contributed by atoms with Crippen molar-refractivity contribution in [2.75, 3.05) is 25.6 Å². The molecular weight excluding hydrogens is 400 g/mol. The Kier molecular flexibility index (Phi) is 5.72. The summed E-state index contributed by atoms with van der Waals surface area (Å²) >= 11 is 1.45. The van der Waals surface area contributed by atoms with E-state index < -0.39 is 0 Å². The van der Waals surface area contributed by atoms with E-state index in [9.17, 15) is 4.79 Å². The van der Waals surface area contributed by atoms with Crippen LogP contribution in [0.5, 0.6) is 17.2 Å². The Morgan fingerprint density at radius 3 is 2.70 bits per heavy atom. The number of carbonyl (C=O) groups is 1. The third-order valence-electron chi connectivity index (χ3n) is 4.69. The van der Waals surface area contributed by atoms with Crippen molar-refractivity contribution < 1.29 is 19.0 Å². The lowest BCUT2D eigenvalue weighted by molar-refractivity contribution is -0.111. The highest BCUT2D eigenvalue weighted by Crippen LogP contribution is 2.33. The van der Waals surface area contributed by atoms with Crippen molar-refractivity contribution in [3.63, 3.8) is 0 Å². The quantitative estimate of drug-likeness (QED) is 0.595. The molecule has 6 nitrogen and oxygen atoms in total. The minimum absolute atomic E-state index is 0.240. The number of nitrogens with zero attached hydrogens (tertiary/aromatic N) is 1. The summed E-state index contributed by atoms with van der Waals surface area (Å²) < 4.78 is 16.4. The van der Waals surface area contributed by atoms with E-state index in [1.807, 2.05) is 50.2 Å². The number of anilines is 1. The molecular formula is C23H22N2O4S. The number of carbonyl (C=O) groups excluding carboxylic acids is 1. The van der Waals surface area contributed by atoms with Crippen molar-refractivity contribution in [1.29, 1.82) is 0 Å². The van der Waals surface area contributed by atoms with Gasteiger partial charge in [0.1, 0.15) is 19.0 Å². The van der Waals surface area contributed by atoms with E-state index in [1.54, 1.807) is 13.2 Å². The number of aromatic nitrogens is 1. The molecule has 0 unspecified atom stereocenters. The molecule has 1 aromatic heterocycles. The highest BCUT2D eigenvalue weighted by atomic mass is 32.1. The van der Waals surface area contributed by atoms with Crippen molar-refractivity contribution in [1.82, 2.24) is 4.98 Å². The smallest absolute Gasteiger partial charge is 0.250 e. The highest BCUT2D eigenvalue weighted by Gasteiger charge is 2.13. The fourth-order valence-electron chi connectivity index (χ4n) is 3.23. The second kappa shape index (κ2) is 8.59. The van der Waals surface area contributed by atoms with E-state index in [-0.39, 0.29) is 5.91 Å². The lowest BCUT2D eigenvalue weighted by atomic mass is 10.1. The van der Waals surface area contributed by atoms with Crippen LogP contribution in [0.15, 0.2) is 42.5 Å². The second-order valence-corrected chi connectivity index (χ2v) is 8.04. The molecule has 0 fully saturated rings. The number of benzene rings is 2. The molecule has 4 rings (SSSR count). The zero-order chi connectivity index (χ0) is 21.1. The molecule has 0 atom stereocenters. The van der Waals surface area contributed by atoms with E-state index in [0.29, 0.717) is 24.1 Å². The first-order chi connectivity index (χ1) is 14.5. The number of aryl methyl sites for hydroxylation is 2. The summed E-state index contributed by atoms with van der Waals surface area (Å²) in [6, 6.07) is 11.5. The van der Waals surface area contributed by atoms with Gasteiger partial charge in [-0.2, -0.15) is 0 Å². The summed E-state index contributed by atoms with van der Waals surface area (Å²) in [4.78, 5) is 18.0. The summed E-state index contributed by atoms with van der Waals surface area (Å²) in [5, 5.41) is 3.41. The van der Waals surface area contributed by atoms with Gasteiger partial charge in [-0.1, -0.05) is 6.07 Å². The minimum Gasteiger partial charge on any atom is -0.496 e. The van der Waals surface area contributed by atoms with Gasteiger partial charge >= 0.3 is 0 Å². The Morgan fingerprint density at radius 1 is 1.13 bits per heavy atom. The van der Waals surface area contributed by atoms with Crippen molar-refractivity contribution in [2.45, 2.75) is 13.8 Å². The predicted octanol–water partition coefficient (Wildman–Crippen LogP) is 4.86. The van der Waals surface area contributed by atoms with Crippen LogP contribution in [0, 0.1) is 13.8 Å². The van der Waals surface area contributed by atoms with Gasteiger partial charge in [0.05, 0.1) is 12.8 Å². The van der Waals surface area contributed by atoms with E-state index in [1.165, 1.54) is 17.4 Å². The van der Waals surface area contributed by atoms with E-state index in [2.05, 4.69) is 10.3 Å². The van der Waals surface area contributed by atoms with Gasteiger partial charge in [-0.3, -0.25) is 10.1 Å². The Balaban J connectivity index is 1.46. The van der Waals surface area contributed by atoms with Crippen LogP contribution in [0.4, 0.5) is 5.13 Å². The van der Waals surface area contributed by atoms with Gasteiger partial charge in [0, 0.05) is 16.5 Å². The number of hydrogen-bond acceptors (Lipinski definition) is 6. The molecule has 0 spiro atoms. The van der Waals surface area contributed by atoms with Crippen molar-refractivity contribution >= 4 is 28.5 Å². The van der Waals surface area contributed by atoms with Crippen molar-refractivity contribution in [2.24, 2.45) is 0 Å². The monoisotopic (exact) mass is 422 g/mol. The van der Waals surface area contributed by atoms with Gasteiger partial charge in [0.15, 0.2) is 16.6 Å². The molecule has 0 radical (unpaired) electrons. The number of hydrogen-bond donors (Lipinski definition) is 1. The maximum atomic E-state index is 12.4. The maximum Gasteiger partial charge on any atom is 0.250 e. The molecule has 0 saturated heterocycles. The lowest BCUT2D eigenvalue weighted by Gasteiger charge is -2.18. The molecule has 2 aromatic carbocycles.